The minimum Gasteiger partial charge on any atom is -0.462 e. The Bertz CT molecular complexity index is 1440. The SMILES string of the molecule is CC/C=C\C/C=C\C/C=C\C/C=C\CCCCCCC(=O)OCC(COC(=O)CCCCCC/C=C\C/C=C\C/C=C\C/C=C\CC)OC(=O)CCC/C=C\C/C=C\C/C=C\CCCCCCCC. The Labute approximate surface area is 424 Å². The van der Waals surface area contributed by atoms with Crippen LogP contribution in [-0.4, -0.2) is 37.2 Å². The number of rotatable bonds is 48. The summed E-state index contributed by atoms with van der Waals surface area (Å²) in [5.41, 5.74) is 0. The molecular weight excluding hydrogens is 853 g/mol. The molecule has 0 aromatic rings. The highest BCUT2D eigenvalue weighted by molar-refractivity contribution is 5.71. The Morgan fingerprint density at radius 1 is 0.304 bits per heavy atom. The van der Waals surface area contributed by atoms with Gasteiger partial charge in [-0.15, -0.1) is 0 Å². The number of carbonyl (C=O) groups excluding carboxylic acids is 3. The van der Waals surface area contributed by atoms with Crippen LogP contribution in [0, 0.1) is 0 Å². The van der Waals surface area contributed by atoms with Gasteiger partial charge < -0.3 is 14.2 Å². The second kappa shape index (κ2) is 56.1. The fourth-order valence-electron chi connectivity index (χ4n) is 7.03. The van der Waals surface area contributed by atoms with E-state index in [1.54, 1.807) is 0 Å². The first-order chi connectivity index (χ1) is 34.0. The molecule has 0 aromatic carbocycles. The molecule has 0 aliphatic heterocycles. The Balaban J connectivity index is 4.58. The molecule has 0 atom stereocenters. The summed E-state index contributed by atoms with van der Waals surface area (Å²) in [6, 6.07) is 0. The van der Waals surface area contributed by atoms with E-state index in [1.807, 2.05) is 0 Å². The van der Waals surface area contributed by atoms with Crippen molar-refractivity contribution < 1.29 is 28.6 Å². The molecule has 0 radical (unpaired) electrons. The predicted molar refractivity (Wildman–Crippen MR) is 297 cm³/mol. The average Bonchev–Trinajstić information content (AvgIpc) is 3.35. The van der Waals surface area contributed by atoms with Gasteiger partial charge in [0.2, 0.25) is 0 Å². The fraction of sp³-hybridized carbons (Fsp3) is 0.603. The van der Waals surface area contributed by atoms with E-state index in [9.17, 15) is 14.4 Å². The number of carbonyl (C=O) groups is 3. The molecule has 69 heavy (non-hydrogen) atoms. The van der Waals surface area contributed by atoms with E-state index in [4.69, 9.17) is 14.2 Å². The van der Waals surface area contributed by atoms with Gasteiger partial charge in [0.25, 0.3) is 0 Å². The number of hydrogen-bond acceptors (Lipinski definition) is 6. The number of hydrogen-bond donors (Lipinski definition) is 0. The maximum atomic E-state index is 12.8. The molecule has 0 saturated heterocycles. The van der Waals surface area contributed by atoms with Crippen LogP contribution in [-0.2, 0) is 28.6 Å². The monoisotopic (exact) mass is 953 g/mol. The lowest BCUT2D eigenvalue weighted by molar-refractivity contribution is -0.167. The van der Waals surface area contributed by atoms with Crippen molar-refractivity contribution in [2.45, 2.75) is 232 Å². The van der Waals surface area contributed by atoms with E-state index < -0.39 is 6.10 Å². The van der Waals surface area contributed by atoms with Gasteiger partial charge in [-0.25, -0.2) is 0 Å². The second-order valence-corrected chi connectivity index (χ2v) is 17.7. The van der Waals surface area contributed by atoms with Crippen molar-refractivity contribution >= 4 is 17.9 Å². The molecule has 0 saturated carbocycles. The van der Waals surface area contributed by atoms with Crippen LogP contribution in [0.15, 0.2) is 134 Å². The summed E-state index contributed by atoms with van der Waals surface area (Å²) in [5.74, 6) is -1.03. The average molecular weight is 953 g/mol. The highest BCUT2D eigenvalue weighted by atomic mass is 16.6. The van der Waals surface area contributed by atoms with Crippen molar-refractivity contribution in [3.05, 3.63) is 134 Å². The molecule has 0 aromatic heterocycles. The van der Waals surface area contributed by atoms with Gasteiger partial charge in [-0.1, -0.05) is 212 Å². The Kier molecular flexibility index (Phi) is 52.5. The first kappa shape index (κ1) is 64.5. The Morgan fingerprint density at radius 2 is 0.580 bits per heavy atom. The van der Waals surface area contributed by atoms with Gasteiger partial charge in [0.05, 0.1) is 0 Å². The van der Waals surface area contributed by atoms with Gasteiger partial charge in [-0.2, -0.15) is 0 Å². The molecule has 0 N–H and O–H groups in total. The van der Waals surface area contributed by atoms with Gasteiger partial charge in [0.15, 0.2) is 6.10 Å². The second-order valence-electron chi connectivity index (χ2n) is 17.7. The fourth-order valence-corrected chi connectivity index (χ4v) is 7.03. The first-order valence-electron chi connectivity index (χ1n) is 27.7. The number of allylic oxidation sites excluding steroid dienone is 22. The van der Waals surface area contributed by atoms with E-state index in [0.717, 1.165) is 135 Å². The van der Waals surface area contributed by atoms with Crippen LogP contribution in [0.2, 0.25) is 0 Å². The minimum atomic E-state index is -0.830. The van der Waals surface area contributed by atoms with Crippen molar-refractivity contribution in [1.29, 1.82) is 0 Å². The normalized spacial score (nSPS) is 12.8. The lowest BCUT2D eigenvalue weighted by atomic mass is 10.1. The van der Waals surface area contributed by atoms with Crippen LogP contribution in [0.25, 0.3) is 0 Å². The van der Waals surface area contributed by atoms with Crippen LogP contribution >= 0.6 is 0 Å². The van der Waals surface area contributed by atoms with Gasteiger partial charge in [-0.05, 0) is 128 Å². The standard InChI is InChI=1S/C63H100O6/c1-4-7-10-13-16-19-22-25-28-31-34-37-40-43-46-49-52-55-61(64)67-58-60(69-63(66)57-54-51-48-45-42-39-36-33-30-27-24-21-18-15-12-9-6-3)59-68-62(65)56-53-50-47-44-41-38-35-32-29-26-23-20-17-14-11-8-5-2/h7-8,10-11,16-17,19-20,25-30,34-39,45,48,60H,4-6,9,12-15,18,21-24,31-33,40-44,46-47,49-59H2,1-3H3/b10-7-,11-8-,19-16-,20-17-,28-25-,29-26-,30-27-,37-34-,38-35-,39-36-,48-45-. The van der Waals surface area contributed by atoms with Gasteiger partial charge in [0.1, 0.15) is 13.2 Å². The zero-order chi connectivity index (χ0) is 50.0. The summed E-state index contributed by atoms with van der Waals surface area (Å²) in [4.78, 5) is 38.1. The third-order valence-electron chi connectivity index (χ3n) is 11.1. The van der Waals surface area contributed by atoms with Crippen LogP contribution in [0.4, 0.5) is 0 Å². The van der Waals surface area contributed by atoms with E-state index in [-0.39, 0.29) is 37.5 Å². The summed E-state index contributed by atoms with van der Waals surface area (Å²) in [5, 5.41) is 0. The molecule has 0 amide bonds. The topological polar surface area (TPSA) is 78.9 Å². The minimum absolute atomic E-state index is 0.124. The molecule has 0 aliphatic carbocycles. The molecule has 0 aliphatic rings. The molecule has 0 rings (SSSR count). The maximum Gasteiger partial charge on any atom is 0.306 e. The number of unbranched alkanes of at least 4 members (excludes halogenated alkanes) is 15. The summed E-state index contributed by atoms with van der Waals surface area (Å²) in [6.07, 6.45) is 78.7. The lowest BCUT2D eigenvalue weighted by Gasteiger charge is -2.18. The van der Waals surface area contributed by atoms with Gasteiger partial charge in [-0.3, -0.25) is 14.4 Å². The van der Waals surface area contributed by atoms with Gasteiger partial charge in [0, 0.05) is 19.3 Å². The van der Waals surface area contributed by atoms with Crippen LogP contribution < -0.4 is 0 Å². The largest absolute Gasteiger partial charge is 0.462 e. The molecule has 0 heterocycles. The van der Waals surface area contributed by atoms with E-state index in [1.165, 1.54) is 44.9 Å². The summed E-state index contributed by atoms with van der Waals surface area (Å²) < 4.78 is 16.8. The van der Waals surface area contributed by atoms with E-state index in [2.05, 4.69) is 154 Å². The zero-order valence-corrected chi connectivity index (χ0v) is 44.3. The Hall–Kier alpha value is -4.45. The third kappa shape index (κ3) is 54.4. The van der Waals surface area contributed by atoms with Crippen molar-refractivity contribution in [2.24, 2.45) is 0 Å². The number of ether oxygens (including phenoxy) is 3. The highest BCUT2D eigenvalue weighted by Crippen LogP contribution is 2.12. The smallest absolute Gasteiger partial charge is 0.306 e. The first-order valence-corrected chi connectivity index (χ1v) is 27.7. The molecule has 0 unspecified atom stereocenters. The van der Waals surface area contributed by atoms with Crippen molar-refractivity contribution in [2.75, 3.05) is 13.2 Å². The summed E-state index contributed by atoms with van der Waals surface area (Å²) in [7, 11) is 0. The predicted octanol–water partition coefficient (Wildman–Crippen LogP) is 18.6. The third-order valence-corrected chi connectivity index (χ3v) is 11.1. The molecule has 6 nitrogen and oxygen atoms in total. The molecule has 0 fully saturated rings. The lowest BCUT2D eigenvalue weighted by Crippen LogP contribution is -2.30. The van der Waals surface area contributed by atoms with Crippen LogP contribution in [0.3, 0.4) is 0 Å². The molecular formula is C63H100O6. The molecule has 0 spiro atoms. The van der Waals surface area contributed by atoms with Crippen molar-refractivity contribution in [1.82, 2.24) is 0 Å². The van der Waals surface area contributed by atoms with Crippen LogP contribution in [0.5, 0.6) is 0 Å². The summed E-state index contributed by atoms with van der Waals surface area (Å²) in [6.45, 7) is 6.31. The van der Waals surface area contributed by atoms with Crippen molar-refractivity contribution in [3.8, 4) is 0 Å². The highest BCUT2D eigenvalue weighted by Gasteiger charge is 2.19. The maximum absolute atomic E-state index is 12.8. The molecule has 0 bridgehead atoms. The number of esters is 3. The Morgan fingerprint density at radius 3 is 0.928 bits per heavy atom. The van der Waals surface area contributed by atoms with Crippen molar-refractivity contribution in [3.63, 3.8) is 0 Å². The quantitative estimate of drug-likeness (QED) is 0.0262. The zero-order valence-electron chi connectivity index (χ0n) is 44.3. The van der Waals surface area contributed by atoms with Crippen LogP contribution in [0.1, 0.15) is 226 Å². The molecule has 6 heteroatoms. The summed E-state index contributed by atoms with van der Waals surface area (Å²) >= 11 is 0. The van der Waals surface area contributed by atoms with E-state index >= 15 is 0 Å². The molecule has 388 valence electrons. The van der Waals surface area contributed by atoms with Gasteiger partial charge >= 0.3 is 17.9 Å². The van der Waals surface area contributed by atoms with E-state index in [0.29, 0.717) is 19.3 Å².